The van der Waals surface area contributed by atoms with Gasteiger partial charge in [0.05, 0.1) is 6.61 Å². The standard InChI is InChI=1S/C11H15ClN2O2/c1-14(2)4-3-5-16-11-10(12)6-9(8-15)7-13-11/h6-8H,3-5H2,1-2H3. The third kappa shape index (κ3) is 4.16. The summed E-state index contributed by atoms with van der Waals surface area (Å²) in [7, 11) is 4.01. The Morgan fingerprint density at radius 3 is 2.88 bits per heavy atom. The predicted octanol–water partition coefficient (Wildman–Crippen LogP) is 1.88. The number of hydrogen-bond donors (Lipinski definition) is 0. The molecule has 0 amide bonds. The predicted molar refractivity (Wildman–Crippen MR) is 63.3 cm³/mol. The molecule has 0 aliphatic rings. The Bertz CT molecular complexity index is 356. The highest BCUT2D eigenvalue weighted by Gasteiger charge is 2.04. The molecule has 0 aliphatic carbocycles. The number of carbonyl (C=O) groups excluding carboxylic acids is 1. The average molecular weight is 243 g/mol. The van der Waals surface area contributed by atoms with E-state index < -0.39 is 0 Å². The van der Waals surface area contributed by atoms with Gasteiger partial charge in [0.2, 0.25) is 5.88 Å². The van der Waals surface area contributed by atoms with Crippen molar-refractivity contribution >= 4 is 17.9 Å². The first-order valence-corrected chi connectivity index (χ1v) is 5.39. The van der Waals surface area contributed by atoms with E-state index in [0.29, 0.717) is 29.4 Å². The lowest BCUT2D eigenvalue weighted by Gasteiger charge is -2.10. The molecule has 0 fully saturated rings. The van der Waals surface area contributed by atoms with Crippen LogP contribution in [0.2, 0.25) is 5.02 Å². The number of nitrogens with zero attached hydrogens (tertiary/aromatic N) is 2. The van der Waals surface area contributed by atoms with Gasteiger partial charge in [-0.1, -0.05) is 11.6 Å². The SMILES string of the molecule is CN(C)CCCOc1ncc(C=O)cc1Cl. The second-order valence-corrected chi connectivity index (χ2v) is 4.09. The van der Waals surface area contributed by atoms with Crippen molar-refractivity contribution in [2.24, 2.45) is 0 Å². The molecule has 0 unspecified atom stereocenters. The molecule has 0 bridgehead atoms. The fraction of sp³-hybridized carbons (Fsp3) is 0.455. The summed E-state index contributed by atoms with van der Waals surface area (Å²) in [5, 5.41) is 0.370. The maximum absolute atomic E-state index is 10.5. The van der Waals surface area contributed by atoms with E-state index in [1.807, 2.05) is 14.1 Å². The van der Waals surface area contributed by atoms with Crippen LogP contribution in [0.3, 0.4) is 0 Å². The van der Waals surface area contributed by atoms with E-state index in [0.717, 1.165) is 13.0 Å². The van der Waals surface area contributed by atoms with Crippen LogP contribution >= 0.6 is 11.6 Å². The lowest BCUT2D eigenvalue weighted by Crippen LogP contribution is -2.15. The number of hydrogen-bond acceptors (Lipinski definition) is 4. The molecule has 0 spiro atoms. The Balaban J connectivity index is 2.45. The van der Waals surface area contributed by atoms with Gasteiger partial charge in [-0.05, 0) is 26.6 Å². The van der Waals surface area contributed by atoms with Crippen molar-refractivity contribution in [3.63, 3.8) is 0 Å². The van der Waals surface area contributed by atoms with Gasteiger partial charge in [-0.2, -0.15) is 0 Å². The molecule has 0 aliphatic heterocycles. The number of pyridine rings is 1. The Kier molecular flexibility index (Phi) is 5.22. The molecule has 1 aromatic rings. The van der Waals surface area contributed by atoms with Gasteiger partial charge < -0.3 is 9.64 Å². The van der Waals surface area contributed by atoms with Crippen LogP contribution in [-0.4, -0.2) is 43.4 Å². The smallest absolute Gasteiger partial charge is 0.232 e. The molecular formula is C11H15ClN2O2. The van der Waals surface area contributed by atoms with Crippen molar-refractivity contribution in [2.45, 2.75) is 6.42 Å². The second kappa shape index (κ2) is 6.45. The molecule has 88 valence electrons. The Morgan fingerprint density at radius 2 is 2.31 bits per heavy atom. The fourth-order valence-corrected chi connectivity index (χ4v) is 1.39. The maximum Gasteiger partial charge on any atom is 0.232 e. The quantitative estimate of drug-likeness (QED) is 0.564. The van der Waals surface area contributed by atoms with E-state index in [-0.39, 0.29) is 0 Å². The molecule has 0 N–H and O–H groups in total. The summed E-state index contributed by atoms with van der Waals surface area (Å²) >= 11 is 5.89. The molecule has 16 heavy (non-hydrogen) atoms. The summed E-state index contributed by atoms with van der Waals surface area (Å²) in [6, 6.07) is 1.54. The van der Waals surface area contributed by atoms with Crippen LogP contribution in [0.1, 0.15) is 16.8 Å². The largest absolute Gasteiger partial charge is 0.477 e. The third-order valence-electron chi connectivity index (χ3n) is 1.95. The minimum absolute atomic E-state index is 0.370. The summed E-state index contributed by atoms with van der Waals surface area (Å²) in [6.07, 6.45) is 3.05. The van der Waals surface area contributed by atoms with Gasteiger partial charge >= 0.3 is 0 Å². The van der Waals surface area contributed by atoms with Gasteiger partial charge in [-0.25, -0.2) is 4.98 Å². The Hall–Kier alpha value is -1.13. The summed E-state index contributed by atoms with van der Waals surface area (Å²) in [4.78, 5) is 16.5. The average Bonchev–Trinajstić information content (AvgIpc) is 2.25. The summed E-state index contributed by atoms with van der Waals surface area (Å²) in [5.41, 5.74) is 0.450. The zero-order chi connectivity index (χ0) is 12.0. The summed E-state index contributed by atoms with van der Waals surface area (Å²) < 4.78 is 5.40. The van der Waals surface area contributed by atoms with Crippen molar-refractivity contribution in [2.75, 3.05) is 27.2 Å². The number of ether oxygens (including phenoxy) is 1. The van der Waals surface area contributed by atoms with E-state index in [2.05, 4.69) is 9.88 Å². The number of rotatable bonds is 6. The lowest BCUT2D eigenvalue weighted by molar-refractivity contribution is 0.112. The van der Waals surface area contributed by atoms with Crippen molar-refractivity contribution in [3.05, 3.63) is 22.8 Å². The Morgan fingerprint density at radius 1 is 1.56 bits per heavy atom. The molecule has 5 heteroatoms. The lowest BCUT2D eigenvalue weighted by atomic mass is 10.3. The van der Waals surface area contributed by atoms with E-state index in [1.165, 1.54) is 6.20 Å². The molecule has 1 heterocycles. The van der Waals surface area contributed by atoms with Crippen molar-refractivity contribution in [1.82, 2.24) is 9.88 Å². The Labute approximate surface area is 100 Å². The molecular weight excluding hydrogens is 228 g/mol. The van der Waals surface area contributed by atoms with Crippen LogP contribution in [0.25, 0.3) is 0 Å². The third-order valence-corrected chi connectivity index (χ3v) is 2.22. The van der Waals surface area contributed by atoms with Crippen LogP contribution in [0, 0.1) is 0 Å². The molecule has 0 atom stereocenters. The zero-order valence-corrected chi connectivity index (χ0v) is 10.2. The van der Waals surface area contributed by atoms with Crippen molar-refractivity contribution in [3.8, 4) is 5.88 Å². The van der Waals surface area contributed by atoms with Gasteiger partial charge in [0.1, 0.15) is 5.02 Å². The molecule has 0 saturated carbocycles. The van der Waals surface area contributed by atoms with Crippen molar-refractivity contribution in [1.29, 1.82) is 0 Å². The highest BCUT2D eigenvalue weighted by atomic mass is 35.5. The first kappa shape index (κ1) is 12.9. The van der Waals surface area contributed by atoms with E-state index >= 15 is 0 Å². The number of carbonyl (C=O) groups is 1. The van der Waals surface area contributed by atoms with Gasteiger partial charge in [-0.3, -0.25) is 4.79 Å². The van der Waals surface area contributed by atoms with Gasteiger partial charge in [-0.15, -0.1) is 0 Å². The summed E-state index contributed by atoms with van der Waals surface area (Å²) in [5.74, 6) is 0.381. The molecule has 0 saturated heterocycles. The minimum atomic E-state index is 0.370. The van der Waals surface area contributed by atoms with Crippen LogP contribution in [0.15, 0.2) is 12.3 Å². The minimum Gasteiger partial charge on any atom is -0.477 e. The summed E-state index contributed by atoms with van der Waals surface area (Å²) in [6.45, 7) is 1.51. The van der Waals surface area contributed by atoms with Gasteiger partial charge in [0.15, 0.2) is 6.29 Å². The maximum atomic E-state index is 10.5. The number of halogens is 1. The van der Waals surface area contributed by atoms with Crippen LogP contribution in [0.5, 0.6) is 5.88 Å². The van der Waals surface area contributed by atoms with Crippen LogP contribution < -0.4 is 4.74 Å². The monoisotopic (exact) mass is 242 g/mol. The van der Waals surface area contributed by atoms with Crippen molar-refractivity contribution < 1.29 is 9.53 Å². The highest BCUT2D eigenvalue weighted by molar-refractivity contribution is 6.32. The first-order chi connectivity index (χ1) is 7.63. The molecule has 0 radical (unpaired) electrons. The molecule has 4 nitrogen and oxygen atoms in total. The zero-order valence-electron chi connectivity index (χ0n) is 9.44. The topological polar surface area (TPSA) is 42.4 Å². The normalized spacial score (nSPS) is 10.5. The molecule has 0 aromatic carbocycles. The molecule has 1 aromatic heterocycles. The first-order valence-electron chi connectivity index (χ1n) is 5.01. The van der Waals surface area contributed by atoms with Gasteiger partial charge in [0.25, 0.3) is 0 Å². The number of aromatic nitrogens is 1. The number of aldehydes is 1. The van der Waals surface area contributed by atoms with Crippen LogP contribution in [0.4, 0.5) is 0 Å². The van der Waals surface area contributed by atoms with Crippen LogP contribution in [-0.2, 0) is 0 Å². The van der Waals surface area contributed by atoms with E-state index in [4.69, 9.17) is 16.3 Å². The van der Waals surface area contributed by atoms with E-state index in [9.17, 15) is 4.79 Å². The van der Waals surface area contributed by atoms with E-state index in [1.54, 1.807) is 6.07 Å². The fourth-order valence-electron chi connectivity index (χ4n) is 1.16. The van der Waals surface area contributed by atoms with Gasteiger partial charge in [0, 0.05) is 18.3 Å². The highest BCUT2D eigenvalue weighted by Crippen LogP contribution is 2.21. The second-order valence-electron chi connectivity index (χ2n) is 3.68. The molecule has 1 rings (SSSR count).